The molecular weight excluding hydrogens is 314 g/mol. The molecule has 0 saturated carbocycles. The summed E-state index contributed by atoms with van der Waals surface area (Å²) in [4.78, 5) is 4.20. The number of pyridine rings is 1. The summed E-state index contributed by atoms with van der Waals surface area (Å²) in [5.41, 5.74) is 0.886. The fourth-order valence-corrected chi connectivity index (χ4v) is 2.73. The fourth-order valence-electron chi connectivity index (χ4n) is 1.96. The highest BCUT2D eigenvalue weighted by Crippen LogP contribution is 2.24. The zero-order valence-electron chi connectivity index (χ0n) is 13.3. The summed E-state index contributed by atoms with van der Waals surface area (Å²) < 4.78 is 16.1. The molecule has 23 heavy (non-hydrogen) atoms. The van der Waals surface area contributed by atoms with Gasteiger partial charge in [-0.05, 0) is 30.3 Å². The quantitative estimate of drug-likeness (QED) is 0.711. The molecule has 0 aliphatic carbocycles. The van der Waals surface area contributed by atoms with E-state index in [-0.39, 0.29) is 6.61 Å². The maximum absolute atomic E-state index is 9.99. The standard InChI is InChI=1S/C17H21NO4S/c1-20-15-6-7-16(21-2)13(9-15)10-22-11-14(19)12-23-17-5-3-4-8-18-17/h3-9,14,19H,10-12H2,1-2H3. The van der Waals surface area contributed by atoms with Crippen LogP contribution in [-0.2, 0) is 11.3 Å². The molecule has 1 aromatic heterocycles. The van der Waals surface area contributed by atoms with Crippen LogP contribution in [0.3, 0.4) is 0 Å². The summed E-state index contributed by atoms with van der Waals surface area (Å²) in [5, 5.41) is 10.9. The number of aliphatic hydroxyl groups excluding tert-OH is 1. The lowest BCUT2D eigenvalue weighted by Gasteiger charge is -2.13. The van der Waals surface area contributed by atoms with Gasteiger partial charge in [0.25, 0.3) is 0 Å². The van der Waals surface area contributed by atoms with E-state index in [1.54, 1.807) is 20.4 Å². The first-order valence-electron chi connectivity index (χ1n) is 7.23. The summed E-state index contributed by atoms with van der Waals surface area (Å²) >= 11 is 1.50. The predicted octanol–water partition coefficient (Wildman–Crippen LogP) is 2.77. The average Bonchev–Trinajstić information content (AvgIpc) is 2.60. The molecule has 0 aliphatic rings. The minimum absolute atomic E-state index is 0.250. The third kappa shape index (κ3) is 5.74. The fraction of sp³-hybridized carbons (Fsp3) is 0.353. The van der Waals surface area contributed by atoms with E-state index in [0.29, 0.717) is 12.4 Å². The Morgan fingerprint density at radius 3 is 2.74 bits per heavy atom. The first-order chi connectivity index (χ1) is 11.2. The van der Waals surface area contributed by atoms with Gasteiger partial charge in [-0.1, -0.05) is 6.07 Å². The lowest BCUT2D eigenvalue weighted by molar-refractivity contribution is 0.0389. The van der Waals surface area contributed by atoms with Crippen LogP contribution >= 0.6 is 11.8 Å². The molecule has 1 N–H and O–H groups in total. The number of thioether (sulfide) groups is 1. The highest BCUT2D eigenvalue weighted by Gasteiger charge is 2.09. The van der Waals surface area contributed by atoms with E-state index in [1.807, 2.05) is 36.4 Å². The monoisotopic (exact) mass is 335 g/mol. The summed E-state index contributed by atoms with van der Waals surface area (Å²) in [6, 6.07) is 11.2. The molecule has 1 unspecified atom stereocenters. The molecule has 0 spiro atoms. The van der Waals surface area contributed by atoms with Crippen molar-refractivity contribution in [3.63, 3.8) is 0 Å². The van der Waals surface area contributed by atoms with Crippen LogP contribution in [0.4, 0.5) is 0 Å². The second-order valence-electron chi connectivity index (χ2n) is 4.83. The van der Waals surface area contributed by atoms with Crippen molar-refractivity contribution < 1.29 is 19.3 Å². The van der Waals surface area contributed by atoms with Gasteiger partial charge in [0.05, 0.1) is 38.6 Å². The number of hydrogen-bond acceptors (Lipinski definition) is 6. The smallest absolute Gasteiger partial charge is 0.124 e. The van der Waals surface area contributed by atoms with E-state index in [0.717, 1.165) is 22.1 Å². The topological polar surface area (TPSA) is 60.8 Å². The van der Waals surface area contributed by atoms with Crippen LogP contribution in [-0.4, -0.2) is 42.8 Å². The SMILES string of the molecule is COc1ccc(OC)c(COCC(O)CSc2ccccn2)c1. The van der Waals surface area contributed by atoms with Crippen LogP contribution < -0.4 is 9.47 Å². The minimum atomic E-state index is -0.557. The first kappa shape index (κ1) is 17.6. The molecule has 124 valence electrons. The maximum Gasteiger partial charge on any atom is 0.124 e. The van der Waals surface area contributed by atoms with Gasteiger partial charge in [-0.25, -0.2) is 4.98 Å². The Bertz CT molecular complexity index is 594. The van der Waals surface area contributed by atoms with Gasteiger partial charge in [-0.15, -0.1) is 11.8 Å². The largest absolute Gasteiger partial charge is 0.497 e. The number of ether oxygens (including phenoxy) is 3. The van der Waals surface area contributed by atoms with Crippen molar-refractivity contribution in [1.82, 2.24) is 4.98 Å². The molecule has 6 heteroatoms. The Balaban J connectivity index is 1.78. The number of benzene rings is 1. The summed E-state index contributed by atoms with van der Waals surface area (Å²) in [7, 11) is 3.23. The van der Waals surface area contributed by atoms with Gasteiger partial charge in [-0.3, -0.25) is 0 Å². The summed E-state index contributed by atoms with van der Waals surface area (Å²) in [6.45, 7) is 0.603. The lowest BCUT2D eigenvalue weighted by atomic mass is 10.2. The Labute approximate surface area is 140 Å². The van der Waals surface area contributed by atoms with Crippen molar-refractivity contribution in [2.45, 2.75) is 17.7 Å². The normalized spacial score (nSPS) is 12.0. The van der Waals surface area contributed by atoms with Crippen molar-refractivity contribution in [2.24, 2.45) is 0 Å². The van der Waals surface area contributed by atoms with Crippen LogP contribution in [0.15, 0.2) is 47.6 Å². The van der Waals surface area contributed by atoms with Gasteiger partial charge in [0.2, 0.25) is 0 Å². The molecule has 0 radical (unpaired) electrons. The van der Waals surface area contributed by atoms with Crippen molar-refractivity contribution >= 4 is 11.8 Å². The van der Waals surface area contributed by atoms with Gasteiger partial charge in [-0.2, -0.15) is 0 Å². The molecule has 1 aromatic carbocycles. The van der Waals surface area contributed by atoms with E-state index >= 15 is 0 Å². The van der Waals surface area contributed by atoms with Gasteiger partial charge < -0.3 is 19.3 Å². The Morgan fingerprint density at radius 2 is 2.04 bits per heavy atom. The van der Waals surface area contributed by atoms with E-state index < -0.39 is 6.10 Å². The van der Waals surface area contributed by atoms with Gasteiger partial charge in [0.1, 0.15) is 11.5 Å². The molecule has 0 aliphatic heterocycles. The molecule has 0 fully saturated rings. The van der Waals surface area contributed by atoms with E-state index in [2.05, 4.69) is 4.98 Å². The van der Waals surface area contributed by atoms with E-state index in [4.69, 9.17) is 14.2 Å². The number of nitrogens with zero attached hydrogens (tertiary/aromatic N) is 1. The Hall–Kier alpha value is -1.76. The van der Waals surface area contributed by atoms with Crippen LogP contribution in [0, 0.1) is 0 Å². The van der Waals surface area contributed by atoms with Crippen molar-refractivity contribution in [3.05, 3.63) is 48.2 Å². The van der Waals surface area contributed by atoms with Gasteiger partial charge in [0, 0.05) is 17.5 Å². The first-order valence-corrected chi connectivity index (χ1v) is 8.22. The molecule has 1 heterocycles. The van der Waals surface area contributed by atoms with Crippen LogP contribution in [0.2, 0.25) is 0 Å². The number of rotatable bonds is 9. The molecule has 0 amide bonds. The lowest BCUT2D eigenvalue weighted by Crippen LogP contribution is -2.18. The molecular formula is C17H21NO4S. The molecule has 0 saturated heterocycles. The maximum atomic E-state index is 9.99. The van der Waals surface area contributed by atoms with Crippen molar-refractivity contribution in [3.8, 4) is 11.5 Å². The number of aliphatic hydroxyl groups is 1. The molecule has 2 aromatic rings. The summed E-state index contributed by atoms with van der Waals surface area (Å²) in [6.07, 6.45) is 1.18. The predicted molar refractivity (Wildman–Crippen MR) is 90.2 cm³/mol. The third-order valence-corrected chi connectivity index (χ3v) is 4.21. The van der Waals surface area contributed by atoms with Crippen molar-refractivity contribution in [1.29, 1.82) is 0 Å². The van der Waals surface area contributed by atoms with E-state index in [1.165, 1.54) is 11.8 Å². The van der Waals surface area contributed by atoms with Crippen LogP contribution in [0.1, 0.15) is 5.56 Å². The van der Waals surface area contributed by atoms with Crippen LogP contribution in [0.5, 0.6) is 11.5 Å². The minimum Gasteiger partial charge on any atom is -0.497 e. The highest BCUT2D eigenvalue weighted by atomic mass is 32.2. The molecule has 1 atom stereocenters. The molecule has 5 nitrogen and oxygen atoms in total. The zero-order valence-corrected chi connectivity index (χ0v) is 14.1. The molecule has 0 bridgehead atoms. The van der Waals surface area contributed by atoms with Gasteiger partial charge >= 0.3 is 0 Å². The second kappa shape index (κ2) is 9.39. The van der Waals surface area contributed by atoms with Crippen LogP contribution in [0.25, 0.3) is 0 Å². The molecule has 2 rings (SSSR count). The van der Waals surface area contributed by atoms with Gasteiger partial charge in [0.15, 0.2) is 0 Å². The van der Waals surface area contributed by atoms with Crippen molar-refractivity contribution in [2.75, 3.05) is 26.6 Å². The second-order valence-corrected chi connectivity index (χ2v) is 5.87. The third-order valence-electron chi connectivity index (χ3n) is 3.12. The zero-order chi connectivity index (χ0) is 16.5. The van der Waals surface area contributed by atoms with E-state index in [9.17, 15) is 5.11 Å². The highest BCUT2D eigenvalue weighted by molar-refractivity contribution is 7.99. The average molecular weight is 335 g/mol. The Kier molecular flexibility index (Phi) is 7.19. The number of aromatic nitrogens is 1. The number of hydrogen-bond donors (Lipinski definition) is 1. The summed E-state index contributed by atoms with van der Waals surface area (Å²) in [5.74, 6) is 2.02. The number of methoxy groups -OCH3 is 2. The Morgan fingerprint density at radius 1 is 1.17 bits per heavy atom.